The van der Waals surface area contributed by atoms with Gasteiger partial charge in [0.15, 0.2) is 5.82 Å². The van der Waals surface area contributed by atoms with Gasteiger partial charge in [-0.3, -0.25) is 9.79 Å². The first-order valence-corrected chi connectivity index (χ1v) is 11.1. The van der Waals surface area contributed by atoms with Crippen LogP contribution in [0.1, 0.15) is 37.8 Å². The monoisotopic (exact) mass is 459 g/mol. The van der Waals surface area contributed by atoms with Crippen molar-refractivity contribution in [2.45, 2.75) is 45.4 Å². The number of carbonyl (C=O) groups is 1. The van der Waals surface area contributed by atoms with Crippen molar-refractivity contribution in [3.8, 4) is 5.88 Å². The average molecular weight is 460 g/mol. The summed E-state index contributed by atoms with van der Waals surface area (Å²) < 4.78 is 11.7. The molecule has 1 fully saturated rings. The predicted octanol–water partition coefficient (Wildman–Crippen LogP) is 3.49. The molecular weight excluding hydrogens is 430 g/mol. The van der Waals surface area contributed by atoms with Crippen molar-refractivity contribution in [1.29, 1.82) is 0 Å². The summed E-state index contributed by atoms with van der Waals surface area (Å²) in [7, 11) is 1.75. The first-order valence-electron chi connectivity index (χ1n) is 10.7. The highest BCUT2D eigenvalue weighted by molar-refractivity contribution is 6.34. The van der Waals surface area contributed by atoms with Crippen molar-refractivity contribution in [3.63, 3.8) is 0 Å². The fraction of sp³-hybridized carbons (Fsp3) is 0.478. The summed E-state index contributed by atoms with van der Waals surface area (Å²) in [5.74, 6) is 1.25. The molecule has 2 N–H and O–H groups in total. The molecule has 0 radical (unpaired) electrons. The summed E-state index contributed by atoms with van der Waals surface area (Å²) in [5.41, 5.74) is 2.13. The molecule has 3 rings (SSSR count). The van der Waals surface area contributed by atoms with Crippen LogP contribution in [0, 0.1) is 5.92 Å². The lowest BCUT2D eigenvalue weighted by molar-refractivity contribution is -0.120. The Balaban J connectivity index is 1.43. The Hall–Kier alpha value is -2.71. The molecule has 8 nitrogen and oxygen atoms in total. The lowest BCUT2D eigenvalue weighted by atomic mass is 9.83. The fourth-order valence-electron chi connectivity index (χ4n) is 3.51. The van der Waals surface area contributed by atoms with Crippen LogP contribution in [-0.2, 0) is 16.1 Å². The molecule has 32 heavy (non-hydrogen) atoms. The molecular formula is C23H30ClN5O3. The average Bonchev–Trinajstić information content (AvgIpc) is 2.72. The second-order valence-electron chi connectivity index (χ2n) is 8.03. The maximum Gasteiger partial charge on any atom is 0.237 e. The van der Waals surface area contributed by atoms with Gasteiger partial charge in [0.1, 0.15) is 11.3 Å². The molecule has 1 heterocycles. The maximum atomic E-state index is 11.0. The molecule has 1 aliphatic carbocycles. The van der Waals surface area contributed by atoms with E-state index >= 15 is 0 Å². The molecule has 1 aliphatic rings. The molecule has 0 bridgehead atoms. The Labute approximate surface area is 193 Å². The van der Waals surface area contributed by atoms with Crippen LogP contribution in [0.3, 0.4) is 0 Å². The smallest absolute Gasteiger partial charge is 0.237 e. The largest absolute Gasteiger partial charge is 0.476 e. The summed E-state index contributed by atoms with van der Waals surface area (Å²) >= 11 is 6.46. The predicted molar refractivity (Wildman–Crippen MR) is 126 cm³/mol. The van der Waals surface area contributed by atoms with E-state index in [1.165, 1.54) is 13.3 Å². The minimum atomic E-state index is -0.0453. The van der Waals surface area contributed by atoms with Crippen molar-refractivity contribution >= 4 is 29.5 Å². The standard InChI is InChI=1S/C23H30ClN5O3/c1-15(29-16(2)30)12-31-20-8-19(9-20)13-32-23-21(24)22(27-14-28-23)26-11-18-6-4-5-17(7-18)10-25-3/h4-7,10,14-15,19-20H,8-9,11-13H2,1-3H3,(H,29,30)(H,26,27,28)/t15-,19?,20?/m0/s1. The molecule has 1 aromatic heterocycles. The van der Waals surface area contributed by atoms with Gasteiger partial charge in [0.2, 0.25) is 11.8 Å². The van der Waals surface area contributed by atoms with Crippen LogP contribution in [0.4, 0.5) is 5.82 Å². The molecule has 1 atom stereocenters. The Bertz CT molecular complexity index is 934. The highest BCUT2D eigenvalue weighted by Crippen LogP contribution is 2.33. The van der Waals surface area contributed by atoms with Gasteiger partial charge in [0.25, 0.3) is 0 Å². The number of aromatic nitrogens is 2. The van der Waals surface area contributed by atoms with Crippen LogP contribution in [0.5, 0.6) is 5.88 Å². The molecule has 0 saturated heterocycles. The van der Waals surface area contributed by atoms with Crippen LogP contribution in [0.2, 0.25) is 5.02 Å². The third kappa shape index (κ3) is 7.17. The van der Waals surface area contributed by atoms with Crippen molar-refractivity contribution in [3.05, 3.63) is 46.7 Å². The Morgan fingerprint density at radius 3 is 2.94 bits per heavy atom. The van der Waals surface area contributed by atoms with Crippen LogP contribution < -0.4 is 15.4 Å². The summed E-state index contributed by atoms with van der Waals surface area (Å²) in [4.78, 5) is 23.5. The van der Waals surface area contributed by atoms with Crippen LogP contribution in [0.25, 0.3) is 0 Å². The topological polar surface area (TPSA) is 97.7 Å². The van der Waals surface area contributed by atoms with Gasteiger partial charge in [-0.1, -0.05) is 29.8 Å². The Morgan fingerprint density at radius 1 is 1.38 bits per heavy atom. The zero-order valence-electron chi connectivity index (χ0n) is 18.7. The summed E-state index contributed by atoms with van der Waals surface area (Å²) in [6, 6.07) is 8.08. The van der Waals surface area contributed by atoms with E-state index in [-0.39, 0.29) is 18.1 Å². The minimum absolute atomic E-state index is 0.01000. The van der Waals surface area contributed by atoms with E-state index in [4.69, 9.17) is 21.1 Å². The number of hydrogen-bond acceptors (Lipinski definition) is 7. The van der Waals surface area contributed by atoms with Gasteiger partial charge in [-0.05, 0) is 42.9 Å². The lowest BCUT2D eigenvalue weighted by Crippen LogP contribution is -2.40. The van der Waals surface area contributed by atoms with Crippen molar-refractivity contribution in [2.24, 2.45) is 10.9 Å². The molecule has 1 saturated carbocycles. The second-order valence-corrected chi connectivity index (χ2v) is 8.41. The molecule has 0 spiro atoms. The molecule has 0 unspecified atom stereocenters. The highest BCUT2D eigenvalue weighted by atomic mass is 35.5. The molecule has 0 aliphatic heterocycles. The number of amides is 1. The normalized spacial score (nSPS) is 18.8. The van der Waals surface area contributed by atoms with E-state index in [1.807, 2.05) is 31.3 Å². The summed E-state index contributed by atoms with van der Waals surface area (Å²) in [6.45, 7) is 5.04. The maximum absolute atomic E-state index is 11.0. The number of anilines is 1. The van der Waals surface area contributed by atoms with Gasteiger partial charge < -0.3 is 20.1 Å². The Morgan fingerprint density at radius 2 is 2.19 bits per heavy atom. The number of rotatable bonds is 11. The zero-order valence-corrected chi connectivity index (χ0v) is 19.4. The van der Waals surface area contributed by atoms with Gasteiger partial charge in [-0.25, -0.2) is 9.97 Å². The third-order valence-electron chi connectivity index (χ3n) is 5.13. The van der Waals surface area contributed by atoms with E-state index in [0.29, 0.717) is 42.4 Å². The highest BCUT2D eigenvalue weighted by Gasteiger charge is 2.31. The van der Waals surface area contributed by atoms with Gasteiger partial charge >= 0.3 is 0 Å². The molecule has 1 aromatic carbocycles. The number of hydrogen-bond donors (Lipinski definition) is 2. The minimum Gasteiger partial charge on any atom is -0.476 e. The first kappa shape index (κ1) is 23.9. The van der Waals surface area contributed by atoms with E-state index in [9.17, 15) is 4.79 Å². The third-order valence-corrected chi connectivity index (χ3v) is 5.47. The van der Waals surface area contributed by atoms with Crippen molar-refractivity contribution in [2.75, 3.05) is 25.6 Å². The van der Waals surface area contributed by atoms with Crippen LogP contribution in [0.15, 0.2) is 35.6 Å². The van der Waals surface area contributed by atoms with Crippen molar-refractivity contribution in [1.82, 2.24) is 15.3 Å². The molecule has 2 aromatic rings. The number of aliphatic imine (C=N–C) groups is 1. The SMILES string of the molecule is CN=Cc1cccc(CNc2ncnc(OCC3CC(OC[C@H](C)NC(C)=O)C3)c2Cl)c1. The van der Waals surface area contributed by atoms with Crippen LogP contribution >= 0.6 is 11.6 Å². The first-order chi connectivity index (χ1) is 15.4. The number of halogens is 1. The number of carbonyl (C=O) groups excluding carboxylic acids is 1. The fourth-order valence-corrected chi connectivity index (χ4v) is 3.73. The van der Waals surface area contributed by atoms with Gasteiger partial charge in [0, 0.05) is 32.8 Å². The number of nitrogens with one attached hydrogen (secondary N) is 2. The van der Waals surface area contributed by atoms with E-state index < -0.39 is 0 Å². The summed E-state index contributed by atoms with van der Waals surface area (Å²) in [5, 5.41) is 6.43. The second kappa shape index (κ2) is 11.8. The molecule has 172 valence electrons. The van der Waals surface area contributed by atoms with Gasteiger partial charge in [0.05, 0.1) is 19.3 Å². The van der Waals surface area contributed by atoms with Crippen LogP contribution in [-0.4, -0.2) is 54.5 Å². The number of nitrogens with zero attached hydrogens (tertiary/aromatic N) is 3. The molecule has 9 heteroatoms. The number of benzene rings is 1. The van der Waals surface area contributed by atoms with E-state index in [1.54, 1.807) is 7.05 Å². The van der Waals surface area contributed by atoms with Gasteiger partial charge in [-0.15, -0.1) is 0 Å². The van der Waals surface area contributed by atoms with Crippen molar-refractivity contribution < 1.29 is 14.3 Å². The molecule has 1 amide bonds. The van der Waals surface area contributed by atoms with E-state index in [2.05, 4.69) is 31.7 Å². The Kier molecular flexibility index (Phi) is 8.81. The summed E-state index contributed by atoms with van der Waals surface area (Å²) in [6.07, 6.45) is 5.29. The zero-order chi connectivity index (χ0) is 22.9. The quantitative estimate of drug-likeness (QED) is 0.499. The van der Waals surface area contributed by atoms with Gasteiger partial charge in [-0.2, -0.15) is 0 Å². The number of ether oxygens (including phenoxy) is 2. The van der Waals surface area contributed by atoms with E-state index in [0.717, 1.165) is 24.0 Å². The lowest BCUT2D eigenvalue weighted by Gasteiger charge is -2.35.